The largest absolute Gasteiger partial charge is 0.309 e. The molecule has 0 saturated heterocycles. The Kier molecular flexibility index (Phi) is 5.87. The monoisotopic (exact) mass is 629 g/mol. The minimum absolute atomic E-state index is 0.0257. The summed E-state index contributed by atoms with van der Waals surface area (Å²) in [5, 5.41) is 10.7. The summed E-state index contributed by atoms with van der Waals surface area (Å²) < 4.78 is 2.40. The first-order valence-electron chi connectivity index (χ1n) is 17.7. The maximum absolute atomic E-state index is 2.61. The SMILES string of the molecule is CC1(C)c2cc3c4ccccc4c4ccccc4c3cc2C(C)(C)C2C=C(c3ccc4c(c3)c3ccccc3n4-c3ccccc3)C=CC21. The van der Waals surface area contributed by atoms with Crippen LogP contribution in [0.5, 0.6) is 0 Å². The molecule has 0 amide bonds. The van der Waals surface area contributed by atoms with Gasteiger partial charge in [0.25, 0.3) is 0 Å². The first-order chi connectivity index (χ1) is 23.8. The Morgan fingerprint density at radius 1 is 0.449 bits per heavy atom. The third-order valence-corrected chi connectivity index (χ3v) is 12.2. The Balaban J connectivity index is 1.15. The third kappa shape index (κ3) is 3.93. The maximum Gasteiger partial charge on any atom is 0.0541 e. The van der Waals surface area contributed by atoms with Gasteiger partial charge in [0.05, 0.1) is 11.0 Å². The third-order valence-electron chi connectivity index (χ3n) is 12.2. The fourth-order valence-corrected chi connectivity index (χ4v) is 9.60. The van der Waals surface area contributed by atoms with E-state index in [1.807, 2.05) is 0 Å². The Morgan fingerprint density at radius 3 is 1.59 bits per heavy atom. The Labute approximate surface area is 287 Å². The number of nitrogens with zero attached hydrogens (tertiary/aromatic N) is 1. The van der Waals surface area contributed by atoms with E-state index in [1.54, 1.807) is 0 Å². The van der Waals surface area contributed by atoms with Gasteiger partial charge in [-0.3, -0.25) is 0 Å². The topological polar surface area (TPSA) is 4.93 Å². The summed E-state index contributed by atoms with van der Waals surface area (Å²) in [6.45, 7) is 9.92. The summed E-state index contributed by atoms with van der Waals surface area (Å²) in [6, 6.07) is 49.7. The lowest BCUT2D eigenvalue weighted by Crippen LogP contribution is -2.48. The molecular weight excluding hydrogens is 591 g/mol. The van der Waals surface area contributed by atoms with Gasteiger partial charge in [-0.2, -0.15) is 0 Å². The Morgan fingerprint density at radius 2 is 0.959 bits per heavy atom. The molecular formula is C48H39N. The standard InChI is InChI=1S/C48H39N/c1-47(2)41-24-22-31(30-23-25-46-40(26-30)37-20-12-13-21-45(37)49(46)32-14-6-5-7-15-32)27-42(41)48(3,4)44-29-39-36-19-11-9-17-34(36)33-16-8-10-18-35(33)38(39)28-43(44)47/h5-29,41-42H,1-4H3. The van der Waals surface area contributed by atoms with Crippen molar-refractivity contribution < 1.29 is 0 Å². The van der Waals surface area contributed by atoms with Crippen LogP contribution < -0.4 is 0 Å². The molecule has 0 saturated carbocycles. The highest BCUT2D eigenvalue weighted by Crippen LogP contribution is 2.57. The van der Waals surface area contributed by atoms with Gasteiger partial charge in [-0.15, -0.1) is 0 Å². The Hall–Kier alpha value is -5.40. The molecule has 0 fully saturated rings. The number of aromatic nitrogens is 1. The van der Waals surface area contributed by atoms with E-state index in [2.05, 4.69) is 184 Å². The predicted octanol–water partition coefficient (Wildman–Crippen LogP) is 12.7. The van der Waals surface area contributed by atoms with Crippen molar-refractivity contribution in [2.45, 2.75) is 38.5 Å². The zero-order valence-electron chi connectivity index (χ0n) is 28.5. The van der Waals surface area contributed by atoms with Crippen molar-refractivity contribution in [3.8, 4) is 5.69 Å². The molecule has 0 aliphatic heterocycles. The second-order valence-corrected chi connectivity index (χ2v) is 15.4. The highest BCUT2D eigenvalue weighted by atomic mass is 15.0. The van der Waals surface area contributed by atoms with Crippen molar-refractivity contribution in [1.82, 2.24) is 4.57 Å². The van der Waals surface area contributed by atoms with Crippen molar-refractivity contribution in [2.24, 2.45) is 11.8 Å². The van der Waals surface area contributed by atoms with Crippen LogP contribution in [-0.4, -0.2) is 4.57 Å². The van der Waals surface area contributed by atoms with Crippen LogP contribution in [0.1, 0.15) is 44.4 Å². The molecule has 2 aliphatic rings. The highest BCUT2D eigenvalue weighted by Gasteiger charge is 2.50. The predicted molar refractivity (Wildman–Crippen MR) is 210 cm³/mol. The highest BCUT2D eigenvalue weighted by molar-refractivity contribution is 6.25. The van der Waals surface area contributed by atoms with Gasteiger partial charge in [-0.05, 0) is 120 Å². The average Bonchev–Trinajstić information content (AvgIpc) is 3.48. The van der Waals surface area contributed by atoms with Crippen LogP contribution in [0, 0.1) is 11.8 Å². The molecule has 0 N–H and O–H groups in total. The zero-order chi connectivity index (χ0) is 33.1. The van der Waals surface area contributed by atoms with Gasteiger partial charge in [0.2, 0.25) is 0 Å². The summed E-state index contributed by atoms with van der Waals surface area (Å²) in [5.74, 6) is 0.757. The van der Waals surface area contributed by atoms with Crippen LogP contribution in [0.4, 0.5) is 0 Å². The van der Waals surface area contributed by atoms with Gasteiger partial charge in [-0.25, -0.2) is 0 Å². The molecule has 236 valence electrons. The van der Waals surface area contributed by atoms with Crippen LogP contribution in [-0.2, 0) is 10.8 Å². The molecule has 1 heteroatoms. The molecule has 2 atom stereocenters. The number of benzene rings is 7. The van der Waals surface area contributed by atoms with Gasteiger partial charge >= 0.3 is 0 Å². The van der Waals surface area contributed by atoms with E-state index >= 15 is 0 Å². The number of hydrogen-bond acceptors (Lipinski definition) is 0. The lowest BCUT2D eigenvalue weighted by Gasteiger charge is -2.53. The number of fused-ring (bicyclic) bond motifs is 11. The van der Waals surface area contributed by atoms with E-state index in [0.717, 1.165) is 0 Å². The fraction of sp³-hybridized carbons (Fsp3) is 0.167. The van der Waals surface area contributed by atoms with Crippen LogP contribution in [0.3, 0.4) is 0 Å². The van der Waals surface area contributed by atoms with E-state index in [0.29, 0.717) is 11.8 Å². The van der Waals surface area contributed by atoms with Crippen molar-refractivity contribution in [1.29, 1.82) is 0 Å². The fourth-order valence-electron chi connectivity index (χ4n) is 9.60. The molecule has 0 radical (unpaired) electrons. The zero-order valence-corrected chi connectivity index (χ0v) is 28.5. The summed E-state index contributed by atoms with van der Waals surface area (Å²) in [6.07, 6.45) is 7.55. The average molecular weight is 630 g/mol. The molecule has 1 heterocycles. The van der Waals surface area contributed by atoms with Crippen LogP contribution in [0.15, 0.2) is 152 Å². The minimum atomic E-state index is -0.0557. The second kappa shape index (κ2) is 10.1. The van der Waals surface area contributed by atoms with Crippen molar-refractivity contribution >= 4 is 59.7 Å². The molecule has 2 aliphatic carbocycles. The van der Waals surface area contributed by atoms with Crippen molar-refractivity contribution in [2.75, 3.05) is 0 Å². The number of hydrogen-bond donors (Lipinski definition) is 0. The molecule has 1 nitrogen and oxygen atoms in total. The van der Waals surface area contributed by atoms with Gasteiger partial charge in [0.1, 0.15) is 0 Å². The van der Waals surface area contributed by atoms with Gasteiger partial charge < -0.3 is 4.57 Å². The minimum Gasteiger partial charge on any atom is -0.309 e. The van der Waals surface area contributed by atoms with Crippen LogP contribution >= 0.6 is 0 Å². The van der Waals surface area contributed by atoms with Gasteiger partial charge in [0, 0.05) is 16.5 Å². The smallest absolute Gasteiger partial charge is 0.0541 e. The second-order valence-electron chi connectivity index (χ2n) is 15.4. The molecule has 0 spiro atoms. The van der Waals surface area contributed by atoms with E-state index in [4.69, 9.17) is 0 Å². The first kappa shape index (κ1) is 28.6. The van der Waals surface area contributed by atoms with Crippen molar-refractivity contribution in [3.05, 3.63) is 168 Å². The number of allylic oxidation sites excluding steroid dienone is 4. The summed E-state index contributed by atoms with van der Waals surface area (Å²) in [4.78, 5) is 0. The van der Waals surface area contributed by atoms with Gasteiger partial charge in [0.15, 0.2) is 0 Å². The van der Waals surface area contributed by atoms with Gasteiger partial charge in [-0.1, -0.05) is 137 Å². The quantitative estimate of drug-likeness (QED) is 0.168. The molecule has 49 heavy (non-hydrogen) atoms. The van der Waals surface area contributed by atoms with Crippen LogP contribution in [0.25, 0.3) is 65.4 Å². The number of rotatable bonds is 2. The maximum atomic E-state index is 2.61. The van der Waals surface area contributed by atoms with E-state index < -0.39 is 0 Å². The van der Waals surface area contributed by atoms with E-state index in [-0.39, 0.29) is 10.8 Å². The van der Waals surface area contributed by atoms with Crippen LogP contribution in [0.2, 0.25) is 0 Å². The van der Waals surface area contributed by atoms with E-state index in [1.165, 1.54) is 82.1 Å². The molecule has 8 aromatic rings. The lowest BCUT2D eigenvalue weighted by atomic mass is 9.51. The lowest BCUT2D eigenvalue weighted by molar-refractivity contribution is 0.191. The van der Waals surface area contributed by atoms with E-state index in [9.17, 15) is 0 Å². The summed E-state index contributed by atoms with van der Waals surface area (Å²) in [7, 11) is 0. The molecule has 7 aromatic carbocycles. The van der Waals surface area contributed by atoms with Crippen molar-refractivity contribution in [3.63, 3.8) is 0 Å². The summed E-state index contributed by atoms with van der Waals surface area (Å²) >= 11 is 0. The first-order valence-corrected chi connectivity index (χ1v) is 17.7. The Bertz CT molecular complexity index is 2710. The molecule has 0 bridgehead atoms. The number of para-hydroxylation sites is 2. The summed E-state index contributed by atoms with van der Waals surface area (Å²) in [5.41, 5.74) is 9.18. The molecule has 2 unspecified atom stereocenters. The molecule has 10 rings (SSSR count). The normalized spacial score (nSPS) is 19.4. The molecule has 1 aromatic heterocycles.